The fourth-order valence-corrected chi connectivity index (χ4v) is 3.01. The fraction of sp³-hybridized carbons (Fsp3) is 0.286. The highest BCUT2D eigenvalue weighted by molar-refractivity contribution is 6.05. The second-order valence-electron chi connectivity index (χ2n) is 6.38. The van der Waals surface area contributed by atoms with Crippen molar-refractivity contribution in [1.29, 1.82) is 0 Å². The molecule has 0 aromatic heterocycles. The molecular formula is C21H22N2O6. The van der Waals surface area contributed by atoms with E-state index in [1.807, 2.05) is 0 Å². The average Bonchev–Trinajstić information content (AvgIpc) is 3.17. The van der Waals surface area contributed by atoms with Gasteiger partial charge in [-0.15, -0.1) is 0 Å². The normalized spacial score (nSPS) is 13.2. The molecule has 0 spiro atoms. The number of nitrogens with one attached hydrogen (secondary N) is 1. The number of carbonyl (C=O) groups excluding carboxylic acids is 3. The van der Waals surface area contributed by atoms with Crippen LogP contribution in [0.15, 0.2) is 42.5 Å². The Morgan fingerprint density at radius 3 is 2.66 bits per heavy atom. The maximum atomic E-state index is 12.6. The third kappa shape index (κ3) is 4.84. The minimum absolute atomic E-state index is 0.0591. The summed E-state index contributed by atoms with van der Waals surface area (Å²) in [6.45, 7) is 0.411. The van der Waals surface area contributed by atoms with E-state index in [-0.39, 0.29) is 18.4 Å². The van der Waals surface area contributed by atoms with Crippen molar-refractivity contribution in [3.05, 3.63) is 48.0 Å². The van der Waals surface area contributed by atoms with Gasteiger partial charge in [0.05, 0.1) is 19.9 Å². The van der Waals surface area contributed by atoms with Crippen molar-refractivity contribution >= 4 is 29.2 Å². The molecule has 8 heteroatoms. The molecule has 0 atom stereocenters. The van der Waals surface area contributed by atoms with Crippen LogP contribution in [0.25, 0.3) is 0 Å². The third-order valence-corrected chi connectivity index (χ3v) is 4.48. The highest BCUT2D eigenvalue weighted by Gasteiger charge is 2.24. The zero-order chi connectivity index (χ0) is 20.8. The second-order valence-corrected chi connectivity index (χ2v) is 6.38. The van der Waals surface area contributed by atoms with Crippen LogP contribution < -0.4 is 19.7 Å². The van der Waals surface area contributed by atoms with Crippen LogP contribution in [0.3, 0.4) is 0 Å². The molecule has 2 aromatic rings. The molecule has 1 aliphatic heterocycles. The summed E-state index contributed by atoms with van der Waals surface area (Å²) in [5.74, 6) is 0.0877. The second kappa shape index (κ2) is 9.09. The first-order chi connectivity index (χ1) is 14.0. The molecule has 1 N–H and O–H groups in total. The van der Waals surface area contributed by atoms with Gasteiger partial charge in [-0.2, -0.15) is 0 Å². The molecule has 0 radical (unpaired) electrons. The molecule has 0 aliphatic carbocycles. The van der Waals surface area contributed by atoms with Crippen LogP contribution in [0, 0.1) is 0 Å². The van der Waals surface area contributed by atoms with Crippen molar-refractivity contribution in [2.75, 3.05) is 37.6 Å². The Balaban J connectivity index is 1.72. The molecule has 1 heterocycles. The Labute approximate surface area is 168 Å². The molecule has 2 aromatic carbocycles. The quantitative estimate of drug-likeness (QED) is 0.721. The van der Waals surface area contributed by atoms with Gasteiger partial charge in [0.15, 0.2) is 6.61 Å². The lowest BCUT2D eigenvalue weighted by Crippen LogP contribution is -2.24. The van der Waals surface area contributed by atoms with Crippen molar-refractivity contribution in [3.63, 3.8) is 0 Å². The SMILES string of the molecule is COC(=O)COc1cccc(C(=O)Nc2ccc(N3CCCC3=O)c(OC)c2)c1. The number of nitrogens with zero attached hydrogens (tertiary/aromatic N) is 1. The van der Waals surface area contributed by atoms with E-state index in [1.165, 1.54) is 20.3 Å². The van der Waals surface area contributed by atoms with Crippen molar-refractivity contribution in [2.45, 2.75) is 12.8 Å². The summed E-state index contributed by atoms with van der Waals surface area (Å²) in [5, 5.41) is 2.80. The number of carbonyl (C=O) groups is 3. The zero-order valence-electron chi connectivity index (χ0n) is 16.3. The van der Waals surface area contributed by atoms with Crippen LogP contribution in [0.2, 0.25) is 0 Å². The molecule has 0 bridgehead atoms. The van der Waals surface area contributed by atoms with Crippen molar-refractivity contribution < 1.29 is 28.6 Å². The molecule has 8 nitrogen and oxygen atoms in total. The maximum absolute atomic E-state index is 12.6. The van der Waals surface area contributed by atoms with Crippen LogP contribution in [0.5, 0.6) is 11.5 Å². The minimum Gasteiger partial charge on any atom is -0.494 e. The number of esters is 1. The van der Waals surface area contributed by atoms with E-state index in [0.29, 0.717) is 41.4 Å². The van der Waals surface area contributed by atoms with Gasteiger partial charge < -0.3 is 24.4 Å². The molecule has 1 aliphatic rings. The summed E-state index contributed by atoms with van der Waals surface area (Å²) in [6, 6.07) is 11.6. The van der Waals surface area contributed by atoms with Crippen molar-refractivity contribution in [3.8, 4) is 11.5 Å². The maximum Gasteiger partial charge on any atom is 0.343 e. The lowest BCUT2D eigenvalue weighted by atomic mass is 10.2. The molecule has 0 unspecified atom stereocenters. The van der Waals surface area contributed by atoms with Crippen LogP contribution in [0.1, 0.15) is 23.2 Å². The van der Waals surface area contributed by atoms with Crippen molar-refractivity contribution in [2.24, 2.45) is 0 Å². The topological polar surface area (TPSA) is 94.2 Å². The molecule has 2 amide bonds. The first kappa shape index (κ1) is 20.2. The number of hydrogen-bond acceptors (Lipinski definition) is 6. The van der Waals surface area contributed by atoms with E-state index < -0.39 is 5.97 Å². The van der Waals surface area contributed by atoms with Gasteiger partial charge in [0.1, 0.15) is 11.5 Å². The van der Waals surface area contributed by atoms with Gasteiger partial charge in [-0.25, -0.2) is 4.79 Å². The Hall–Kier alpha value is -3.55. The molecule has 1 fully saturated rings. The number of hydrogen-bond donors (Lipinski definition) is 1. The summed E-state index contributed by atoms with van der Waals surface area (Å²) in [5.41, 5.74) is 1.58. The van der Waals surface area contributed by atoms with Gasteiger partial charge in [-0.05, 0) is 36.8 Å². The van der Waals surface area contributed by atoms with E-state index in [1.54, 1.807) is 41.3 Å². The lowest BCUT2D eigenvalue weighted by Gasteiger charge is -2.19. The lowest BCUT2D eigenvalue weighted by molar-refractivity contribution is -0.142. The zero-order valence-corrected chi connectivity index (χ0v) is 16.3. The standard InChI is InChI=1S/C21H22N2O6/c1-27-18-12-15(8-9-17(18)23-10-4-7-19(23)24)22-21(26)14-5-3-6-16(11-14)29-13-20(25)28-2/h3,5-6,8-9,11-12H,4,7,10,13H2,1-2H3,(H,22,26). The number of amides is 2. The molecule has 1 saturated heterocycles. The number of ether oxygens (including phenoxy) is 3. The predicted octanol–water partition coefficient (Wildman–Crippen LogP) is 2.63. The van der Waals surface area contributed by atoms with Gasteiger partial charge in [-0.1, -0.05) is 6.07 Å². The molecule has 0 saturated carbocycles. The Bertz CT molecular complexity index is 927. The van der Waals surface area contributed by atoms with Gasteiger partial charge in [0.25, 0.3) is 5.91 Å². The number of rotatable bonds is 7. The van der Waals surface area contributed by atoms with E-state index in [4.69, 9.17) is 9.47 Å². The van der Waals surface area contributed by atoms with Crippen LogP contribution in [-0.2, 0) is 14.3 Å². The van der Waals surface area contributed by atoms with Crippen LogP contribution in [-0.4, -0.2) is 45.2 Å². The van der Waals surface area contributed by atoms with E-state index >= 15 is 0 Å². The van der Waals surface area contributed by atoms with Gasteiger partial charge >= 0.3 is 5.97 Å². The monoisotopic (exact) mass is 398 g/mol. The van der Waals surface area contributed by atoms with Gasteiger partial charge in [-0.3, -0.25) is 9.59 Å². The van der Waals surface area contributed by atoms with Crippen LogP contribution >= 0.6 is 0 Å². The predicted molar refractivity (Wildman–Crippen MR) is 106 cm³/mol. The largest absolute Gasteiger partial charge is 0.494 e. The highest BCUT2D eigenvalue weighted by Crippen LogP contribution is 2.34. The summed E-state index contributed by atoms with van der Waals surface area (Å²) in [6.07, 6.45) is 1.34. The smallest absolute Gasteiger partial charge is 0.343 e. The first-order valence-electron chi connectivity index (χ1n) is 9.11. The van der Waals surface area contributed by atoms with E-state index in [9.17, 15) is 14.4 Å². The summed E-state index contributed by atoms with van der Waals surface area (Å²) >= 11 is 0. The average molecular weight is 398 g/mol. The fourth-order valence-electron chi connectivity index (χ4n) is 3.01. The Morgan fingerprint density at radius 1 is 1.14 bits per heavy atom. The minimum atomic E-state index is -0.511. The first-order valence-corrected chi connectivity index (χ1v) is 9.11. The summed E-state index contributed by atoms with van der Waals surface area (Å²) in [4.78, 5) is 37.5. The Kier molecular flexibility index (Phi) is 6.33. The summed E-state index contributed by atoms with van der Waals surface area (Å²) in [7, 11) is 2.79. The van der Waals surface area contributed by atoms with E-state index in [0.717, 1.165) is 6.42 Å². The van der Waals surface area contributed by atoms with Crippen molar-refractivity contribution in [1.82, 2.24) is 0 Å². The molecule has 29 heavy (non-hydrogen) atoms. The highest BCUT2D eigenvalue weighted by atomic mass is 16.6. The summed E-state index contributed by atoms with van der Waals surface area (Å²) < 4.78 is 15.2. The molecule has 152 valence electrons. The van der Waals surface area contributed by atoms with Crippen LogP contribution in [0.4, 0.5) is 11.4 Å². The number of methoxy groups -OCH3 is 2. The van der Waals surface area contributed by atoms with Gasteiger partial charge in [0.2, 0.25) is 5.91 Å². The number of anilines is 2. The molecule has 3 rings (SSSR count). The number of benzene rings is 2. The Morgan fingerprint density at radius 2 is 1.97 bits per heavy atom. The third-order valence-electron chi connectivity index (χ3n) is 4.48. The van der Waals surface area contributed by atoms with Gasteiger partial charge in [0, 0.05) is 30.3 Å². The van der Waals surface area contributed by atoms with E-state index in [2.05, 4.69) is 10.1 Å². The molecular weight excluding hydrogens is 376 g/mol.